The minimum absolute atomic E-state index is 0.288. The van der Waals surface area contributed by atoms with E-state index in [-0.39, 0.29) is 17.8 Å². The smallest absolute Gasteiger partial charge is 0.354 e. The van der Waals surface area contributed by atoms with Gasteiger partial charge in [0.2, 0.25) is 0 Å². The van der Waals surface area contributed by atoms with Crippen LogP contribution in [0.1, 0.15) is 75.5 Å². The van der Waals surface area contributed by atoms with E-state index in [1.165, 1.54) is 34.4 Å². The van der Waals surface area contributed by atoms with Crippen molar-refractivity contribution < 1.29 is 32.9 Å². The Labute approximate surface area is 267 Å². The van der Waals surface area contributed by atoms with E-state index in [1.807, 2.05) is 22.8 Å². The molecule has 0 fully saturated rings. The standard InChI is InChI=1S/C22H22FNO3.C15H17NO3/c1-3-27-22(25)19-12-18-20(26-2)11-15-7-5-9-17(15)21(18)24(19)13-14-6-4-8-16(23)10-14;1-3-19-15(17)12-8-11-13(18-2)7-9-5-4-6-10(9)14(11)16-12/h4,6,8,10-12H,3,5,7,9,13H2,1-2H3;7-8,16H,3-6H2,1-2H3. The number of halogens is 1. The number of hydrogen-bond acceptors (Lipinski definition) is 6. The van der Waals surface area contributed by atoms with Gasteiger partial charge < -0.3 is 28.5 Å². The first-order valence-electron chi connectivity index (χ1n) is 15.9. The quantitative estimate of drug-likeness (QED) is 0.181. The molecule has 46 heavy (non-hydrogen) atoms. The van der Waals surface area contributed by atoms with Gasteiger partial charge in [-0.05, 0) is 117 Å². The monoisotopic (exact) mass is 626 g/mol. The number of carbonyl (C=O) groups is 2. The summed E-state index contributed by atoms with van der Waals surface area (Å²) in [4.78, 5) is 27.7. The summed E-state index contributed by atoms with van der Waals surface area (Å²) in [6, 6.07) is 14.3. The summed E-state index contributed by atoms with van der Waals surface area (Å²) in [6.45, 7) is 4.67. The minimum Gasteiger partial charge on any atom is -0.496 e. The molecule has 1 N–H and O–H groups in total. The summed E-state index contributed by atoms with van der Waals surface area (Å²) in [5.74, 6) is 0.604. The second kappa shape index (κ2) is 13.3. The third kappa shape index (κ3) is 5.82. The molecule has 0 atom stereocenters. The first-order valence-corrected chi connectivity index (χ1v) is 15.9. The van der Waals surface area contributed by atoms with Crippen molar-refractivity contribution >= 4 is 33.7 Å². The molecule has 240 valence electrons. The van der Waals surface area contributed by atoms with Gasteiger partial charge in [-0.3, -0.25) is 0 Å². The molecule has 2 aromatic heterocycles. The molecule has 0 spiro atoms. The van der Waals surface area contributed by atoms with Crippen molar-refractivity contribution in [3.63, 3.8) is 0 Å². The largest absolute Gasteiger partial charge is 0.496 e. The molecule has 0 unspecified atom stereocenters. The predicted octanol–water partition coefficient (Wildman–Crippen LogP) is 7.34. The van der Waals surface area contributed by atoms with Crippen LogP contribution in [-0.4, -0.2) is 48.9 Å². The zero-order valence-electron chi connectivity index (χ0n) is 26.8. The maximum Gasteiger partial charge on any atom is 0.354 e. The van der Waals surface area contributed by atoms with E-state index >= 15 is 0 Å². The highest BCUT2D eigenvalue weighted by Crippen LogP contribution is 2.39. The summed E-state index contributed by atoms with van der Waals surface area (Å²) >= 11 is 0. The summed E-state index contributed by atoms with van der Waals surface area (Å²) in [7, 11) is 3.30. The highest BCUT2D eigenvalue weighted by molar-refractivity contribution is 6.00. The van der Waals surface area contributed by atoms with Crippen LogP contribution in [0.25, 0.3) is 21.8 Å². The normalized spacial score (nSPS) is 13.2. The van der Waals surface area contributed by atoms with Crippen LogP contribution >= 0.6 is 0 Å². The topological polar surface area (TPSA) is 91.8 Å². The molecule has 0 aliphatic heterocycles. The summed E-state index contributed by atoms with van der Waals surface area (Å²) in [5.41, 5.74) is 8.92. The fourth-order valence-electron chi connectivity index (χ4n) is 6.84. The van der Waals surface area contributed by atoms with E-state index in [1.54, 1.807) is 34.1 Å². The number of esters is 2. The number of ether oxygens (including phenoxy) is 4. The number of fused-ring (bicyclic) bond motifs is 6. The number of aromatic amines is 1. The maximum atomic E-state index is 13.7. The maximum absolute atomic E-state index is 13.7. The van der Waals surface area contributed by atoms with Crippen molar-refractivity contribution in [3.8, 4) is 11.5 Å². The van der Waals surface area contributed by atoms with Crippen molar-refractivity contribution in [3.05, 3.63) is 93.6 Å². The lowest BCUT2D eigenvalue weighted by molar-refractivity contribution is 0.0508. The second-order valence-corrected chi connectivity index (χ2v) is 11.6. The lowest BCUT2D eigenvalue weighted by Crippen LogP contribution is -2.13. The molecule has 5 aromatic rings. The van der Waals surface area contributed by atoms with Gasteiger partial charge in [0.1, 0.15) is 28.7 Å². The SMILES string of the molecule is CCOC(=O)c1cc2c(OC)cc3c(c2[nH]1)CCC3.CCOC(=O)c1cc2c(OC)cc3c(c2n1Cc1cccc(F)c1)CCC3. The van der Waals surface area contributed by atoms with Crippen LogP contribution in [0.5, 0.6) is 11.5 Å². The van der Waals surface area contributed by atoms with Gasteiger partial charge in [-0.1, -0.05) is 12.1 Å². The molecule has 2 heterocycles. The summed E-state index contributed by atoms with van der Waals surface area (Å²) in [6.07, 6.45) is 6.34. The van der Waals surface area contributed by atoms with Gasteiger partial charge in [-0.2, -0.15) is 0 Å². The van der Waals surface area contributed by atoms with Gasteiger partial charge in [0.05, 0.1) is 38.5 Å². The van der Waals surface area contributed by atoms with Crippen molar-refractivity contribution in [1.29, 1.82) is 0 Å². The number of nitrogens with zero attached hydrogens (tertiary/aromatic N) is 1. The Kier molecular flexibility index (Phi) is 9.01. The van der Waals surface area contributed by atoms with E-state index in [9.17, 15) is 14.0 Å². The first-order chi connectivity index (χ1) is 22.4. The van der Waals surface area contributed by atoms with E-state index in [0.717, 1.165) is 77.4 Å². The van der Waals surface area contributed by atoms with E-state index < -0.39 is 0 Å². The molecule has 0 amide bonds. The Bertz CT molecular complexity index is 1940. The summed E-state index contributed by atoms with van der Waals surface area (Å²) in [5, 5.41) is 1.86. The van der Waals surface area contributed by atoms with Gasteiger partial charge in [-0.25, -0.2) is 14.0 Å². The van der Waals surface area contributed by atoms with Crippen LogP contribution in [0.4, 0.5) is 4.39 Å². The Morgan fingerprint density at radius 2 is 1.46 bits per heavy atom. The van der Waals surface area contributed by atoms with E-state index in [2.05, 4.69) is 17.1 Å². The van der Waals surface area contributed by atoms with Gasteiger partial charge in [0.15, 0.2) is 0 Å². The highest BCUT2D eigenvalue weighted by atomic mass is 19.1. The van der Waals surface area contributed by atoms with Crippen molar-refractivity contribution in [1.82, 2.24) is 9.55 Å². The molecule has 7 rings (SSSR count). The number of carbonyl (C=O) groups excluding carboxylic acids is 2. The summed E-state index contributed by atoms with van der Waals surface area (Å²) < 4.78 is 37.0. The van der Waals surface area contributed by atoms with Crippen LogP contribution < -0.4 is 9.47 Å². The highest BCUT2D eigenvalue weighted by Gasteiger charge is 2.26. The van der Waals surface area contributed by atoms with Crippen LogP contribution in [0, 0.1) is 5.82 Å². The van der Waals surface area contributed by atoms with Gasteiger partial charge >= 0.3 is 11.9 Å². The Balaban J connectivity index is 0.000000172. The molecular formula is C37H39FN2O6. The van der Waals surface area contributed by atoms with Crippen LogP contribution in [0.15, 0.2) is 48.5 Å². The van der Waals surface area contributed by atoms with Crippen molar-refractivity contribution in [2.45, 2.75) is 58.9 Å². The Hall–Kier alpha value is -4.79. The van der Waals surface area contributed by atoms with Gasteiger partial charge in [-0.15, -0.1) is 0 Å². The zero-order chi connectivity index (χ0) is 32.4. The minimum atomic E-state index is -0.376. The molecule has 2 aliphatic rings. The fraction of sp³-hybridized carbons (Fsp3) is 0.351. The molecule has 0 saturated carbocycles. The predicted molar refractivity (Wildman–Crippen MR) is 175 cm³/mol. The molecule has 0 bridgehead atoms. The number of H-pyrrole nitrogens is 1. The van der Waals surface area contributed by atoms with Gasteiger partial charge in [0, 0.05) is 17.3 Å². The number of methoxy groups -OCH3 is 2. The van der Waals surface area contributed by atoms with Crippen LogP contribution in [-0.2, 0) is 41.7 Å². The average Bonchev–Trinajstić information content (AvgIpc) is 3.85. The molecule has 0 saturated heterocycles. The molecule has 8 nitrogen and oxygen atoms in total. The first kappa shape index (κ1) is 31.2. The average molecular weight is 627 g/mol. The number of rotatable bonds is 8. The number of nitrogens with one attached hydrogen (secondary N) is 1. The molecule has 2 aliphatic carbocycles. The van der Waals surface area contributed by atoms with Crippen LogP contribution in [0.2, 0.25) is 0 Å². The third-order valence-corrected chi connectivity index (χ3v) is 8.81. The van der Waals surface area contributed by atoms with Crippen molar-refractivity contribution in [2.24, 2.45) is 0 Å². The number of aryl methyl sites for hydroxylation is 4. The van der Waals surface area contributed by atoms with E-state index in [4.69, 9.17) is 18.9 Å². The number of benzene rings is 3. The zero-order valence-corrected chi connectivity index (χ0v) is 26.8. The fourth-order valence-corrected chi connectivity index (χ4v) is 6.84. The number of hydrogen-bond donors (Lipinski definition) is 1. The lowest BCUT2D eigenvalue weighted by Gasteiger charge is -2.14. The van der Waals surface area contributed by atoms with Gasteiger partial charge in [0.25, 0.3) is 0 Å². The Morgan fingerprint density at radius 1 is 0.804 bits per heavy atom. The van der Waals surface area contributed by atoms with E-state index in [0.29, 0.717) is 31.1 Å². The third-order valence-electron chi connectivity index (χ3n) is 8.81. The number of aromatic nitrogens is 2. The molecule has 9 heteroatoms. The molecule has 3 aromatic carbocycles. The van der Waals surface area contributed by atoms with Crippen LogP contribution in [0.3, 0.4) is 0 Å². The Morgan fingerprint density at radius 3 is 2.13 bits per heavy atom. The van der Waals surface area contributed by atoms with Crippen molar-refractivity contribution in [2.75, 3.05) is 27.4 Å². The second-order valence-electron chi connectivity index (χ2n) is 11.6. The lowest BCUT2D eigenvalue weighted by atomic mass is 10.1. The molecule has 0 radical (unpaired) electrons. The molecular weight excluding hydrogens is 587 g/mol.